The monoisotopic (exact) mass is 310 g/mol. The summed E-state index contributed by atoms with van der Waals surface area (Å²) in [6, 6.07) is 0. The highest BCUT2D eigenvalue weighted by molar-refractivity contribution is 5.98. The van der Waals surface area contributed by atoms with Gasteiger partial charge in [-0.15, -0.1) is 0 Å². The summed E-state index contributed by atoms with van der Waals surface area (Å²) < 4.78 is 0. The summed E-state index contributed by atoms with van der Waals surface area (Å²) >= 11 is 0. The summed E-state index contributed by atoms with van der Waals surface area (Å²) in [4.78, 5) is 23.5. The largest absolute Gasteiger partial charge is 0.299 e. The maximum Gasteiger partial charge on any atom is 0.140 e. The van der Waals surface area contributed by atoms with E-state index in [0.717, 1.165) is 25.7 Å². The van der Waals surface area contributed by atoms with Crippen LogP contribution in [0.5, 0.6) is 0 Å². The van der Waals surface area contributed by atoms with Crippen molar-refractivity contribution < 1.29 is 9.59 Å². The van der Waals surface area contributed by atoms with Crippen LogP contribution in [0.1, 0.15) is 117 Å². The van der Waals surface area contributed by atoms with E-state index in [-0.39, 0.29) is 18.0 Å². The molecule has 0 aromatic rings. The Balaban J connectivity index is 3.37. The third-order valence-electron chi connectivity index (χ3n) is 4.26. The van der Waals surface area contributed by atoms with Crippen LogP contribution in [0.2, 0.25) is 0 Å². The van der Waals surface area contributed by atoms with Crippen molar-refractivity contribution in [3.8, 4) is 0 Å². The predicted octanol–water partition coefficient (Wildman–Crippen LogP) is 6.41. The first-order valence-corrected chi connectivity index (χ1v) is 9.74. The van der Waals surface area contributed by atoms with Gasteiger partial charge in [0, 0.05) is 12.8 Å². The molecule has 0 aromatic carbocycles. The van der Waals surface area contributed by atoms with E-state index in [2.05, 4.69) is 13.8 Å². The standard InChI is InChI=1S/C20H38O2/c1-3-5-7-9-11-13-15-17-20(22)18-19(21)16-14-12-10-8-6-4-2/h3-18H2,1-2H3. The molecule has 0 rings (SSSR count). The van der Waals surface area contributed by atoms with Gasteiger partial charge in [0.05, 0.1) is 6.42 Å². The predicted molar refractivity (Wildman–Crippen MR) is 95.2 cm³/mol. The molecule has 0 unspecified atom stereocenters. The van der Waals surface area contributed by atoms with E-state index < -0.39 is 0 Å². The van der Waals surface area contributed by atoms with Crippen molar-refractivity contribution in [3.05, 3.63) is 0 Å². The Kier molecular flexibility index (Phi) is 16.2. The second-order valence-electron chi connectivity index (χ2n) is 6.64. The Hall–Kier alpha value is -0.660. The maximum absolute atomic E-state index is 11.7. The van der Waals surface area contributed by atoms with Crippen molar-refractivity contribution in [1.29, 1.82) is 0 Å². The molecule has 0 aliphatic rings. The molecule has 0 amide bonds. The zero-order valence-corrected chi connectivity index (χ0v) is 15.1. The fourth-order valence-corrected chi connectivity index (χ4v) is 2.78. The van der Waals surface area contributed by atoms with Gasteiger partial charge in [-0.1, -0.05) is 84.5 Å². The molecule has 0 radical (unpaired) electrons. The normalized spacial score (nSPS) is 10.8. The highest BCUT2D eigenvalue weighted by Gasteiger charge is 2.09. The third kappa shape index (κ3) is 15.7. The lowest BCUT2D eigenvalue weighted by Crippen LogP contribution is -2.07. The molecule has 0 N–H and O–H groups in total. The molecule has 0 saturated carbocycles. The van der Waals surface area contributed by atoms with Gasteiger partial charge in [-0.05, 0) is 12.8 Å². The number of Topliss-reactive ketones (excluding diaryl/α,β-unsaturated/α-hetero) is 2. The molecule has 0 fully saturated rings. The van der Waals surface area contributed by atoms with Crippen LogP contribution in [0.15, 0.2) is 0 Å². The van der Waals surface area contributed by atoms with Crippen molar-refractivity contribution in [3.63, 3.8) is 0 Å². The smallest absolute Gasteiger partial charge is 0.140 e. The maximum atomic E-state index is 11.7. The number of unbranched alkanes of at least 4 members (excludes halogenated alkanes) is 11. The van der Waals surface area contributed by atoms with Crippen LogP contribution in [0.4, 0.5) is 0 Å². The van der Waals surface area contributed by atoms with E-state index in [1.807, 2.05) is 0 Å². The lowest BCUT2D eigenvalue weighted by atomic mass is 10.0. The molecule has 130 valence electrons. The van der Waals surface area contributed by atoms with Gasteiger partial charge in [0.15, 0.2) is 0 Å². The van der Waals surface area contributed by atoms with Crippen LogP contribution in [0.3, 0.4) is 0 Å². The van der Waals surface area contributed by atoms with Gasteiger partial charge in [0.2, 0.25) is 0 Å². The van der Waals surface area contributed by atoms with Gasteiger partial charge < -0.3 is 0 Å². The van der Waals surface area contributed by atoms with Gasteiger partial charge in [0.25, 0.3) is 0 Å². The van der Waals surface area contributed by atoms with Crippen LogP contribution in [0, 0.1) is 0 Å². The second kappa shape index (κ2) is 16.7. The van der Waals surface area contributed by atoms with E-state index in [1.54, 1.807) is 0 Å². The van der Waals surface area contributed by atoms with Crippen LogP contribution >= 0.6 is 0 Å². The minimum atomic E-state index is 0.156. The summed E-state index contributed by atoms with van der Waals surface area (Å²) in [6.07, 6.45) is 17.1. The highest BCUT2D eigenvalue weighted by atomic mass is 16.1. The fraction of sp³-hybridized carbons (Fsp3) is 0.900. The Labute approximate surface area is 138 Å². The summed E-state index contributed by atoms with van der Waals surface area (Å²) in [5, 5.41) is 0. The van der Waals surface area contributed by atoms with Crippen LogP contribution < -0.4 is 0 Å². The van der Waals surface area contributed by atoms with Gasteiger partial charge in [-0.25, -0.2) is 0 Å². The number of carbonyl (C=O) groups is 2. The van der Waals surface area contributed by atoms with E-state index in [9.17, 15) is 9.59 Å². The number of hydrogen-bond acceptors (Lipinski definition) is 2. The number of ketones is 2. The van der Waals surface area contributed by atoms with E-state index in [1.165, 1.54) is 57.8 Å². The Bertz CT molecular complexity index is 271. The molecule has 0 saturated heterocycles. The van der Waals surface area contributed by atoms with Crippen molar-refractivity contribution in [1.82, 2.24) is 0 Å². The molecular formula is C20H38O2. The quantitative estimate of drug-likeness (QED) is 0.230. The Morgan fingerprint density at radius 1 is 0.500 bits per heavy atom. The van der Waals surface area contributed by atoms with Crippen molar-refractivity contribution in [2.45, 2.75) is 117 Å². The molecule has 0 atom stereocenters. The zero-order chi connectivity index (χ0) is 16.5. The van der Waals surface area contributed by atoms with E-state index >= 15 is 0 Å². The van der Waals surface area contributed by atoms with Gasteiger partial charge in [-0.3, -0.25) is 9.59 Å². The molecule has 0 bridgehead atoms. The van der Waals surface area contributed by atoms with Crippen LogP contribution in [-0.2, 0) is 9.59 Å². The molecule has 0 aliphatic carbocycles. The third-order valence-corrected chi connectivity index (χ3v) is 4.26. The van der Waals surface area contributed by atoms with Gasteiger partial charge in [0.1, 0.15) is 11.6 Å². The van der Waals surface area contributed by atoms with Gasteiger partial charge >= 0.3 is 0 Å². The molecule has 0 spiro atoms. The Morgan fingerprint density at radius 2 is 0.818 bits per heavy atom. The second-order valence-corrected chi connectivity index (χ2v) is 6.64. The molecule has 0 aliphatic heterocycles. The topological polar surface area (TPSA) is 34.1 Å². The fourth-order valence-electron chi connectivity index (χ4n) is 2.78. The van der Waals surface area contributed by atoms with E-state index in [4.69, 9.17) is 0 Å². The highest BCUT2D eigenvalue weighted by Crippen LogP contribution is 2.11. The minimum absolute atomic E-state index is 0.156. The lowest BCUT2D eigenvalue weighted by molar-refractivity contribution is -0.127. The van der Waals surface area contributed by atoms with Crippen molar-refractivity contribution in [2.24, 2.45) is 0 Å². The SMILES string of the molecule is CCCCCCCCCC(=O)CC(=O)CCCCCCCC. The molecule has 2 heteroatoms. The average molecular weight is 311 g/mol. The number of rotatable bonds is 17. The first-order chi connectivity index (χ1) is 10.7. The number of hydrogen-bond donors (Lipinski definition) is 0. The molecule has 2 nitrogen and oxygen atoms in total. The first kappa shape index (κ1) is 21.3. The summed E-state index contributed by atoms with van der Waals surface area (Å²) in [6.45, 7) is 4.43. The lowest BCUT2D eigenvalue weighted by Gasteiger charge is -2.03. The summed E-state index contributed by atoms with van der Waals surface area (Å²) in [5.74, 6) is 0.313. The van der Waals surface area contributed by atoms with Crippen LogP contribution in [-0.4, -0.2) is 11.6 Å². The average Bonchev–Trinajstić information content (AvgIpc) is 2.50. The summed E-state index contributed by atoms with van der Waals surface area (Å²) in [5.41, 5.74) is 0. The first-order valence-electron chi connectivity index (χ1n) is 9.74. The summed E-state index contributed by atoms with van der Waals surface area (Å²) in [7, 11) is 0. The van der Waals surface area contributed by atoms with Crippen molar-refractivity contribution >= 4 is 11.6 Å². The zero-order valence-electron chi connectivity index (χ0n) is 15.1. The molecule has 22 heavy (non-hydrogen) atoms. The molecule has 0 aromatic heterocycles. The molecule has 0 heterocycles. The molecular weight excluding hydrogens is 272 g/mol. The van der Waals surface area contributed by atoms with Crippen LogP contribution in [0.25, 0.3) is 0 Å². The van der Waals surface area contributed by atoms with E-state index in [0.29, 0.717) is 12.8 Å². The number of carbonyl (C=O) groups excluding carboxylic acids is 2. The van der Waals surface area contributed by atoms with Gasteiger partial charge in [-0.2, -0.15) is 0 Å². The minimum Gasteiger partial charge on any atom is -0.299 e. The Morgan fingerprint density at radius 3 is 1.18 bits per heavy atom. The van der Waals surface area contributed by atoms with Crippen molar-refractivity contribution in [2.75, 3.05) is 0 Å².